The number of hydrogen-bond acceptors (Lipinski definition) is 5. The first-order valence-corrected chi connectivity index (χ1v) is 9.30. The number of aliphatic carboxylic acids is 1. The number of halogens is 1. The van der Waals surface area contributed by atoms with Crippen molar-refractivity contribution in [2.75, 3.05) is 20.4 Å². The van der Waals surface area contributed by atoms with E-state index < -0.39 is 23.9 Å². The molecule has 1 N–H and O–H groups in total. The summed E-state index contributed by atoms with van der Waals surface area (Å²) in [5, 5.41) is 9.80. The van der Waals surface area contributed by atoms with E-state index in [2.05, 4.69) is 0 Å². The number of fused-ring (bicyclic) bond motifs is 1. The third kappa shape index (κ3) is 3.38. The van der Waals surface area contributed by atoms with Gasteiger partial charge in [-0.25, -0.2) is 4.39 Å². The van der Waals surface area contributed by atoms with Crippen molar-refractivity contribution in [2.45, 2.75) is 31.3 Å². The van der Waals surface area contributed by atoms with E-state index in [0.717, 1.165) is 18.4 Å². The van der Waals surface area contributed by atoms with E-state index in [1.54, 1.807) is 12.1 Å². The maximum absolute atomic E-state index is 14.2. The molecule has 0 spiro atoms. The van der Waals surface area contributed by atoms with Gasteiger partial charge in [0, 0.05) is 5.56 Å². The van der Waals surface area contributed by atoms with Crippen molar-refractivity contribution < 1.29 is 28.5 Å². The molecule has 6 nitrogen and oxygen atoms in total. The Balaban J connectivity index is 1.86. The van der Waals surface area contributed by atoms with Gasteiger partial charge in [0.05, 0.1) is 13.2 Å². The zero-order valence-electron chi connectivity index (χ0n) is 15.6. The van der Waals surface area contributed by atoms with Gasteiger partial charge < -0.3 is 19.3 Å². The zero-order chi connectivity index (χ0) is 19.7. The Hall–Kier alpha value is -2.80. The molecule has 2 unspecified atom stereocenters. The summed E-state index contributed by atoms with van der Waals surface area (Å²) >= 11 is 0. The predicted molar refractivity (Wildman–Crippen MR) is 99.3 cm³/mol. The molecule has 0 saturated carbocycles. The van der Waals surface area contributed by atoms with Crippen molar-refractivity contribution in [3.05, 3.63) is 53.3 Å². The molecule has 0 amide bonds. The van der Waals surface area contributed by atoms with Gasteiger partial charge in [0.15, 0.2) is 11.5 Å². The van der Waals surface area contributed by atoms with Crippen LogP contribution in [0.1, 0.15) is 36.4 Å². The first-order valence-electron chi connectivity index (χ1n) is 9.30. The van der Waals surface area contributed by atoms with Gasteiger partial charge in [-0.05, 0) is 55.3 Å². The van der Waals surface area contributed by atoms with E-state index >= 15 is 0 Å². The molecule has 7 heteroatoms. The molecule has 2 aromatic carbocycles. The number of piperidine rings is 1. The Labute approximate surface area is 162 Å². The van der Waals surface area contributed by atoms with Crippen molar-refractivity contribution in [3.63, 3.8) is 0 Å². The van der Waals surface area contributed by atoms with Gasteiger partial charge in [0.1, 0.15) is 17.6 Å². The fourth-order valence-electron chi connectivity index (χ4n) is 4.08. The van der Waals surface area contributed by atoms with Crippen LogP contribution in [0.25, 0.3) is 0 Å². The lowest BCUT2D eigenvalue weighted by atomic mass is 9.91. The second kappa shape index (κ2) is 7.67. The number of hydrogen-bond donors (Lipinski definition) is 1. The number of nitrogens with zero attached hydrogens (tertiary/aromatic N) is 1. The molecule has 2 heterocycles. The van der Waals surface area contributed by atoms with Crippen molar-refractivity contribution in [1.29, 1.82) is 0 Å². The van der Waals surface area contributed by atoms with Gasteiger partial charge in [0.25, 0.3) is 0 Å². The number of carboxylic acid groups (broad SMARTS) is 1. The number of carbonyl (C=O) groups is 1. The predicted octanol–water partition coefficient (Wildman–Crippen LogP) is 3.59. The SMILES string of the molecule is COc1ccc(F)cc1C(c1ccc2c(c1)OCO2)N1CCCCC1C(=O)O. The van der Waals surface area contributed by atoms with Gasteiger partial charge in [-0.15, -0.1) is 0 Å². The van der Waals surface area contributed by atoms with E-state index in [0.29, 0.717) is 35.8 Å². The molecule has 2 aromatic rings. The van der Waals surface area contributed by atoms with Crippen LogP contribution in [0.4, 0.5) is 4.39 Å². The minimum Gasteiger partial charge on any atom is -0.496 e. The van der Waals surface area contributed by atoms with Crippen LogP contribution in [-0.2, 0) is 4.79 Å². The average molecular weight is 387 g/mol. The summed E-state index contributed by atoms with van der Waals surface area (Å²) in [5.41, 5.74) is 1.40. The molecule has 0 aliphatic carbocycles. The minimum absolute atomic E-state index is 0.147. The van der Waals surface area contributed by atoms with Crippen molar-refractivity contribution in [2.24, 2.45) is 0 Å². The van der Waals surface area contributed by atoms with Gasteiger partial charge in [-0.3, -0.25) is 9.69 Å². The number of likely N-dealkylation sites (tertiary alicyclic amines) is 1. The molecule has 2 aliphatic rings. The van der Waals surface area contributed by atoms with Gasteiger partial charge >= 0.3 is 5.97 Å². The minimum atomic E-state index is -0.874. The number of benzene rings is 2. The molecule has 1 saturated heterocycles. The fraction of sp³-hybridized carbons (Fsp3) is 0.381. The smallest absolute Gasteiger partial charge is 0.320 e. The van der Waals surface area contributed by atoms with E-state index in [1.165, 1.54) is 19.2 Å². The number of rotatable bonds is 5. The highest BCUT2D eigenvalue weighted by Gasteiger charge is 2.37. The zero-order valence-corrected chi connectivity index (χ0v) is 15.6. The van der Waals surface area contributed by atoms with Crippen LogP contribution in [-0.4, -0.2) is 42.5 Å². The Morgan fingerprint density at radius 3 is 2.82 bits per heavy atom. The molecule has 0 aromatic heterocycles. The monoisotopic (exact) mass is 387 g/mol. The highest BCUT2D eigenvalue weighted by Crippen LogP contribution is 2.42. The first kappa shape index (κ1) is 18.6. The fourth-order valence-corrected chi connectivity index (χ4v) is 4.08. The Morgan fingerprint density at radius 1 is 1.21 bits per heavy atom. The second-order valence-electron chi connectivity index (χ2n) is 6.99. The van der Waals surface area contributed by atoms with Crippen molar-refractivity contribution in [1.82, 2.24) is 4.90 Å². The summed E-state index contributed by atoms with van der Waals surface area (Å²) < 4.78 is 30.6. The molecule has 148 valence electrons. The van der Waals surface area contributed by atoms with Crippen LogP contribution < -0.4 is 14.2 Å². The van der Waals surface area contributed by atoms with Crippen LogP contribution >= 0.6 is 0 Å². The summed E-state index contributed by atoms with van der Waals surface area (Å²) in [6, 6.07) is 8.70. The van der Waals surface area contributed by atoms with E-state index in [-0.39, 0.29) is 6.79 Å². The van der Waals surface area contributed by atoms with Crippen LogP contribution in [0.3, 0.4) is 0 Å². The van der Waals surface area contributed by atoms with E-state index in [1.807, 2.05) is 17.0 Å². The maximum Gasteiger partial charge on any atom is 0.320 e. The molecule has 1 fully saturated rings. The number of methoxy groups -OCH3 is 1. The van der Waals surface area contributed by atoms with Gasteiger partial charge in [-0.1, -0.05) is 12.5 Å². The Bertz CT molecular complexity index is 887. The maximum atomic E-state index is 14.2. The van der Waals surface area contributed by atoms with E-state index in [9.17, 15) is 14.3 Å². The normalized spacial score (nSPS) is 20.0. The summed E-state index contributed by atoms with van der Waals surface area (Å²) in [5.74, 6) is 0.480. The first-order chi connectivity index (χ1) is 13.6. The van der Waals surface area contributed by atoms with Crippen LogP contribution in [0, 0.1) is 5.82 Å². The highest BCUT2D eigenvalue weighted by molar-refractivity contribution is 5.74. The highest BCUT2D eigenvalue weighted by atomic mass is 19.1. The summed E-state index contributed by atoms with van der Waals surface area (Å²) in [6.07, 6.45) is 2.28. The Morgan fingerprint density at radius 2 is 2.04 bits per heavy atom. The quantitative estimate of drug-likeness (QED) is 0.846. The van der Waals surface area contributed by atoms with Gasteiger partial charge in [0.2, 0.25) is 6.79 Å². The number of ether oxygens (including phenoxy) is 3. The third-order valence-corrected chi connectivity index (χ3v) is 5.36. The molecule has 0 radical (unpaired) electrons. The largest absolute Gasteiger partial charge is 0.496 e. The van der Waals surface area contributed by atoms with Gasteiger partial charge in [-0.2, -0.15) is 0 Å². The van der Waals surface area contributed by atoms with Crippen LogP contribution in [0.2, 0.25) is 0 Å². The van der Waals surface area contributed by atoms with E-state index in [4.69, 9.17) is 14.2 Å². The van der Waals surface area contributed by atoms with Crippen LogP contribution in [0.15, 0.2) is 36.4 Å². The summed E-state index contributed by atoms with van der Waals surface area (Å²) in [7, 11) is 1.53. The van der Waals surface area contributed by atoms with Crippen LogP contribution in [0.5, 0.6) is 17.2 Å². The molecule has 0 bridgehead atoms. The lowest BCUT2D eigenvalue weighted by Crippen LogP contribution is -2.46. The number of carboxylic acids is 1. The van der Waals surface area contributed by atoms with Crippen molar-refractivity contribution in [3.8, 4) is 17.2 Å². The standard InChI is InChI=1S/C21H22FNO5/c1-26-17-8-6-14(22)11-15(17)20(23-9-3-2-4-16(23)21(24)25)13-5-7-18-19(10-13)28-12-27-18/h5-8,10-11,16,20H,2-4,9,12H2,1H3,(H,24,25). The third-order valence-electron chi connectivity index (χ3n) is 5.36. The molecular weight excluding hydrogens is 365 g/mol. The molecule has 2 atom stereocenters. The summed E-state index contributed by atoms with van der Waals surface area (Å²) in [6.45, 7) is 0.740. The molecular formula is C21H22FNO5. The van der Waals surface area contributed by atoms with Crippen molar-refractivity contribution >= 4 is 5.97 Å². The molecule has 4 rings (SSSR count). The Kier molecular flexibility index (Phi) is 5.09. The molecule has 2 aliphatic heterocycles. The second-order valence-corrected chi connectivity index (χ2v) is 6.99. The lowest BCUT2D eigenvalue weighted by Gasteiger charge is -2.40. The topological polar surface area (TPSA) is 68.2 Å². The average Bonchev–Trinajstić information content (AvgIpc) is 3.17. The lowest BCUT2D eigenvalue weighted by molar-refractivity contribution is -0.145. The summed E-state index contributed by atoms with van der Waals surface area (Å²) in [4.78, 5) is 13.9. The molecule has 28 heavy (non-hydrogen) atoms.